The van der Waals surface area contributed by atoms with Crippen LogP contribution in [-0.2, 0) is 17.8 Å². The fourth-order valence-corrected chi connectivity index (χ4v) is 2.36. The van der Waals surface area contributed by atoms with Gasteiger partial charge in [0.1, 0.15) is 6.26 Å². The zero-order chi connectivity index (χ0) is 12.3. The number of anilines is 1. The van der Waals surface area contributed by atoms with Gasteiger partial charge in [-0.15, -0.1) is 0 Å². The summed E-state index contributed by atoms with van der Waals surface area (Å²) in [6.07, 6.45) is 2.62. The van der Waals surface area contributed by atoms with Gasteiger partial charge in [-0.1, -0.05) is 36.7 Å². The second kappa shape index (κ2) is 5.43. The molecule has 0 saturated heterocycles. The largest absolute Gasteiger partial charge is 0.593 e. The molecule has 1 unspecified atom stereocenters. The van der Waals surface area contributed by atoms with E-state index in [-0.39, 0.29) is 5.41 Å². The average molecular weight is 304 g/mol. The lowest BCUT2D eigenvalue weighted by Gasteiger charge is -2.19. The van der Waals surface area contributed by atoms with Crippen LogP contribution in [0.15, 0.2) is 22.7 Å². The Morgan fingerprint density at radius 1 is 1.38 bits per heavy atom. The van der Waals surface area contributed by atoms with Gasteiger partial charge in [-0.05, 0) is 35.6 Å². The lowest BCUT2D eigenvalue weighted by atomic mass is 9.88. The standard InChI is InChI=1S/C12H18BrNOS/c1-12(2,3)8-9-7-10(14-16(4)15)5-6-11(9)13/h5-7,14H,8H2,1-4H3. The maximum atomic E-state index is 11.1. The van der Waals surface area contributed by atoms with Crippen LogP contribution in [0.2, 0.25) is 0 Å². The van der Waals surface area contributed by atoms with Gasteiger partial charge >= 0.3 is 0 Å². The Kier molecular flexibility index (Phi) is 4.71. The van der Waals surface area contributed by atoms with E-state index in [0.717, 1.165) is 16.6 Å². The molecule has 0 saturated carbocycles. The van der Waals surface area contributed by atoms with Gasteiger partial charge in [0.05, 0.1) is 17.0 Å². The molecular formula is C12H18BrNOS. The topological polar surface area (TPSA) is 35.1 Å². The van der Waals surface area contributed by atoms with Crippen molar-refractivity contribution in [2.24, 2.45) is 5.41 Å². The van der Waals surface area contributed by atoms with Crippen molar-refractivity contribution < 1.29 is 4.55 Å². The lowest BCUT2D eigenvalue weighted by molar-refractivity contribution is 0.410. The highest BCUT2D eigenvalue weighted by Crippen LogP contribution is 2.28. The highest BCUT2D eigenvalue weighted by Gasteiger charge is 2.14. The van der Waals surface area contributed by atoms with Crippen LogP contribution in [0.4, 0.5) is 5.69 Å². The predicted molar refractivity (Wildman–Crippen MR) is 75.0 cm³/mol. The summed E-state index contributed by atoms with van der Waals surface area (Å²) in [4.78, 5) is 0. The third-order valence-electron chi connectivity index (χ3n) is 2.03. The third kappa shape index (κ3) is 4.76. The van der Waals surface area contributed by atoms with Gasteiger partial charge < -0.3 is 4.55 Å². The van der Waals surface area contributed by atoms with Crippen LogP contribution in [0.5, 0.6) is 0 Å². The van der Waals surface area contributed by atoms with Crippen LogP contribution >= 0.6 is 15.9 Å². The Hall–Kier alpha value is -0.190. The minimum atomic E-state index is -1.02. The van der Waals surface area contributed by atoms with E-state index in [1.165, 1.54) is 5.56 Å². The quantitative estimate of drug-likeness (QED) is 0.863. The van der Waals surface area contributed by atoms with E-state index in [2.05, 4.69) is 47.5 Å². The first-order chi connectivity index (χ1) is 7.28. The van der Waals surface area contributed by atoms with Crippen molar-refractivity contribution in [2.45, 2.75) is 27.2 Å². The molecule has 0 radical (unpaired) electrons. The highest BCUT2D eigenvalue weighted by atomic mass is 79.9. The normalized spacial score (nSPS) is 13.6. The molecule has 16 heavy (non-hydrogen) atoms. The highest BCUT2D eigenvalue weighted by molar-refractivity contribution is 9.10. The van der Waals surface area contributed by atoms with Crippen molar-refractivity contribution in [1.29, 1.82) is 0 Å². The van der Waals surface area contributed by atoms with Gasteiger partial charge in [-0.25, -0.2) is 4.72 Å². The average Bonchev–Trinajstić information content (AvgIpc) is 2.07. The van der Waals surface area contributed by atoms with E-state index in [0.29, 0.717) is 0 Å². The van der Waals surface area contributed by atoms with Crippen molar-refractivity contribution >= 4 is 33.0 Å². The number of hydrogen-bond acceptors (Lipinski definition) is 2. The number of nitrogens with one attached hydrogen (secondary N) is 1. The molecule has 0 aliphatic heterocycles. The first-order valence-electron chi connectivity index (χ1n) is 5.16. The molecule has 4 heteroatoms. The van der Waals surface area contributed by atoms with Gasteiger partial charge in [-0.2, -0.15) is 0 Å². The molecule has 1 N–H and O–H groups in total. The lowest BCUT2D eigenvalue weighted by Crippen LogP contribution is -2.12. The molecule has 1 atom stereocenters. The zero-order valence-corrected chi connectivity index (χ0v) is 12.5. The van der Waals surface area contributed by atoms with Crippen molar-refractivity contribution in [1.82, 2.24) is 0 Å². The summed E-state index contributed by atoms with van der Waals surface area (Å²) >= 11 is 2.53. The smallest absolute Gasteiger partial charge is 0.121 e. The van der Waals surface area contributed by atoms with Crippen molar-refractivity contribution in [3.63, 3.8) is 0 Å². The van der Waals surface area contributed by atoms with E-state index in [1.807, 2.05) is 12.1 Å². The summed E-state index contributed by atoms with van der Waals surface area (Å²) in [5, 5.41) is 0. The molecule has 1 aromatic carbocycles. The van der Waals surface area contributed by atoms with E-state index < -0.39 is 11.4 Å². The summed E-state index contributed by atoms with van der Waals surface area (Å²) in [5.41, 5.74) is 2.39. The first kappa shape index (κ1) is 13.9. The predicted octanol–water partition coefficient (Wildman–Crippen LogP) is 3.74. The Bertz CT molecular complexity index is 361. The van der Waals surface area contributed by atoms with Crippen molar-refractivity contribution in [3.05, 3.63) is 28.2 Å². The number of benzene rings is 1. The van der Waals surface area contributed by atoms with Crippen LogP contribution in [0, 0.1) is 5.41 Å². The summed E-state index contributed by atoms with van der Waals surface area (Å²) < 4.78 is 15.1. The molecule has 0 fully saturated rings. The zero-order valence-electron chi connectivity index (χ0n) is 10.1. The Morgan fingerprint density at radius 3 is 2.50 bits per heavy atom. The Labute approximate surface area is 109 Å². The molecule has 90 valence electrons. The van der Waals surface area contributed by atoms with Crippen LogP contribution < -0.4 is 4.72 Å². The fraction of sp³-hybridized carbons (Fsp3) is 0.500. The minimum Gasteiger partial charge on any atom is -0.593 e. The summed E-state index contributed by atoms with van der Waals surface area (Å²) in [6, 6.07) is 5.98. The molecule has 1 aromatic rings. The summed E-state index contributed by atoms with van der Waals surface area (Å²) in [7, 11) is 0. The summed E-state index contributed by atoms with van der Waals surface area (Å²) in [6.45, 7) is 6.62. The van der Waals surface area contributed by atoms with Crippen LogP contribution in [0.1, 0.15) is 26.3 Å². The maximum Gasteiger partial charge on any atom is 0.121 e. The third-order valence-corrected chi connectivity index (χ3v) is 3.32. The molecule has 0 amide bonds. The molecule has 1 rings (SSSR count). The van der Waals surface area contributed by atoms with E-state index in [1.54, 1.807) is 6.26 Å². The van der Waals surface area contributed by atoms with Gasteiger partial charge in [-0.3, -0.25) is 0 Å². The van der Waals surface area contributed by atoms with Gasteiger partial charge in [0.15, 0.2) is 0 Å². The van der Waals surface area contributed by atoms with Crippen LogP contribution in [-0.4, -0.2) is 10.8 Å². The maximum absolute atomic E-state index is 11.1. The molecule has 0 heterocycles. The molecule has 0 spiro atoms. The first-order valence-corrected chi connectivity index (χ1v) is 7.51. The second-order valence-corrected chi connectivity index (χ2v) is 7.07. The monoisotopic (exact) mass is 303 g/mol. The fourth-order valence-electron chi connectivity index (χ4n) is 1.51. The molecular weight excluding hydrogens is 286 g/mol. The van der Waals surface area contributed by atoms with Gasteiger partial charge in [0, 0.05) is 4.47 Å². The second-order valence-electron chi connectivity index (χ2n) is 5.10. The van der Waals surface area contributed by atoms with Crippen molar-refractivity contribution in [2.75, 3.05) is 11.0 Å². The molecule has 0 aliphatic carbocycles. The minimum absolute atomic E-state index is 0.243. The van der Waals surface area contributed by atoms with Gasteiger partial charge in [0.2, 0.25) is 0 Å². The van der Waals surface area contributed by atoms with Crippen LogP contribution in [0.25, 0.3) is 0 Å². The molecule has 0 aromatic heterocycles. The molecule has 2 nitrogen and oxygen atoms in total. The number of rotatable bonds is 3. The van der Waals surface area contributed by atoms with E-state index >= 15 is 0 Å². The van der Waals surface area contributed by atoms with Crippen molar-refractivity contribution in [3.8, 4) is 0 Å². The van der Waals surface area contributed by atoms with Gasteiger partial charge in [0.25, 0.3) is 0 Å². The number of halogens is 1. The van der Waals surface area contributed by atoms with Crippen LogP contribution in [0.3, 0.4) is 0 Å². The summed E-state index contributed by atoms with van der Waals surface area (Å²) in [5.74, 6) is 0. The van der Waals surface area contributed by atoms with E-state index in [4.69, 9.17) is 0 Å². The SMILES string of the molecule is C[S+]([O-])Nc1ccc(Br)c(CC(C)(C)C)c1. The van der Waals surface area contributed by atoms with E-state index in [9.17, 15) is 4.55 Å². The number of hydrogen-bond donors (Lipinski definition) is 1. The molecule has 0 bridgehead atoms. The molecule has 0 aliphatic rings. The Balaban J connectivity index is 2.90. The Morgan fingerprint density at radius 2 is 2.00 bits per heavy atom.